The molecular weight excluding hydrogens is 113 g/mol. The molecule has 0 saturated heterocycles. The quantitative estimate of drug-likeness (QED) is 0.324. The molecule has 0 aliphatic heterocycles. The topological polar surface area (TPSA) is 34.1 Å². The standard InChI is InChI=1S/3Al.2O.5H. The van der Waals surface area contributed by atoms with Crippen LogP contribution in [0.5, 0.6) is 0 Å². The predicted molar refractivity (Wildman–Crippen MR) is 25.6 cm³/mol. The van der Waals surface area contributed by atoms with Gasteiger partial charge in [0.2, 0.25) is 0 Å². The summed E-state index contributed by atoms with van der Waals surface area (Å²) in [6.07, 6.45) is 0. The van der Waals surface area contributed by atoms with Gasteiger partial charge in [-0.2, -0.15) is 0 Å². The van der Waals surface area contributed by atoms with Crippen molar-refractivity contribution >= 4 is 49.8 Å². The second kappa shape index (κ2) is 63.9. The minimum absolute atomic E-state index is 0. The predicted octanol–water partition coefficient (Wildman–Crippen LogP) is -2.72. The van der Waals surface area contributed by atoms with E-state index in [1.165, 1.54) is 0 Å². The maximum atomic E-state index is 8.28. The van der Waals surface area contributed by atoms with Gasteiger partial charge in [-0.15, -0.1) is 0 Å². The zero-order valence-electron chi connectivity index (χ0n) is 2.23. The van der Waals surface area contributed by atoms with Crippen LogP contribution < -0.4 is 0 Å². The average Bonchev–Trinajstić information content (AvgIpc) is 1.50. The maximum absolute atomic E-state index is 8.28. The molecule has 0 N–H and O–H groups in total. The van der Waals surface area contributed by atoms with Crippen molar-refractivity contribution in [2.75, 3.05) is 0 Å². The fourth-order valence-electron chi connectivity index (χ4n) is 0. The van der Waals surface area contributed by atoms with Crippen molar-refractivity contribution in [3.8, 4) is 0 Å². The van der Waals surface area contributed by atoms with E-state index in [1.54, 1.807) is 0 Å². The Balaban J connectivity index is -0.0000000133. The fourth-order valence-corrected chi connectivity index (χ4v) is 0. The van der Waals surface area contributed by atoms with Gasteiger partial charge in [0.1, 0.15) is 0 Å². The van der Waals surface area contributed by atoms with Gasteiger partial charge < -0.3 is 0 Å². The van der Waals surface area contributed by atoms with E-state index < -0.39 is 0 Å². The molecule has 26 valence electrons. The number of hydrogen-bond donors (Lipinski definition) is 0. The molecule has 0 saturated carbocycles. The van der Waals surface area contributed by atoms with E-state index in [9.17, 15) is 0 Å². The Kier molecular flexibility index (Phi) is 209. The van der Waals surface area contributed by atoms with E-state index >= 15 is 0 Å². The van der Waals surface area contributed by atoms with Crippen LogP contribution in [-0.4, -0.2) is 49.8 Å². The fraction of sp³-hybridized carbons (Fsp3) is 0. The molecule has 2 nitrogen and oxygen atoms in total. The second-order valence-electron chi connectivity index (χ2n) is 0. The normalized spacial score (nSPS) is 1.20. The molecule has 0 radical (unpaired) electrons. The monoisotopic (exact) mass is 118 g/mol. The van der Waals surface area contributed by atoms with Gasteiger partial charge in [-0.05, 0) is 0 Å². The molecule has 0 amide bonds. The van der Waals surface area contributed by atoms with Gasteiger partial charge in [-0.25, -0.2) is 0 Å². The molecule has 0 aromatic heterocycles. The first-order chi connectivity index (χ1) is 2.00. The van der Waals surface area contributed by atoms with Crippen LogP contribution in [0.15, 0.2) is 0 Å². The second-order valence-corrected chi connectivity index (χ2v) is 0. The summed E-state index contributed by atoms with van der Waals surface area (Å²) in [5.74, 6) is 0. The molecule has 0 rings (SSSR count). The third-order valence-corrected chi connectivity index (χ3v) is 0. The summed E-state index contributed by atoms with van der Waals surface area (Å²) in [6, 6.07) is 0. The van der Waals surface area contributed by atoms with Crippen LogP contribution in [0.1, 0.15) is 0 Å². The Morgan fingerprint density at radius 2 is 0.800 bits per heavy atom. The Bertz CT molecular complexity index is 6.85. The summed E-state index contributed by atoms with van der Waals surface area (Å²) in [5.41, 5.74) is 0. The summed E-state index contributed by atoms with van der Waals surface area (Å²) >= 11 is 1.22. The first kappa shape index (κ1) is 16.4. The van der Waals surface area contributed by atoms with E-state index in [0.717, 1.165) is 0 Å². The molecule has 0 atom stereocenters. The molecule has 5 heavy (non-hydrogen) atoms. The number of rotatable bonds is 0. The summed E-state index contributed by atoms with van der Waals surface area (Å²) in [7, 11) is 0. The average molecular weight is 118 g/mol. The molecule has 0 aromatic rings. The summed E-state index contributed by atoms with van der Waals surface area (Å²) in [4.78, 5) is 0. The summed E-state index contributed by atoms with van der Waals surface area (Å²) < 4.78 is 16.6. The van der Waals surface area contributed by atoms with Crippen LogP contribution in [0.2, 0.25) is 0 Å². The van der Waals surface area contributed by atoms with Crippen molar-refractivity contribution in [1.29, 1.82) is 0 Å². The Hall–Kier alpha value is 1.20. The Morgan fingerprint density at radius 3 is 0.800 bits per heavy atom. The van der Waals surface area contributed by atoms with Crippen LogP contribution in [0.25, 0.3) is 0 Å². The molecule has 0 aliphatic rings. The summed E-state index contributed by atoms with van der Waals surface area (Å²) in [6.45, 7) is 0. The van der Waals surface area contributed by atoms with Crippen molar-refractivity contribution in [1.82, 2.24) is 0 Å². The molecular formula is H5Al3O2. The molecule has 0 unspecified atom stereocenters. The molecule has 0 spiro atoms. The third-order valence-electron chi connectivity index (χ3n) is 0. The van der Waals surface area contributed by atoms with Crippen molar-refractivity contribution in [2.24, 2.45) is 0 Å². The van der Waals surface area contributed by atoms with E-state index in [-0.39, 0.29) is 17.4 Å². The molecule has 5 heteroatoms. The van der Waals surface area contributed by atoms with Crippen LogP contribution in [0, 0.1) is 0 Å². The molecule has 0 bridgehead atoms. The van der Waals surface area contributed by atoms with Crippen molar-refractivity contribution in [2.45, 2.75) is 0 Å². The van der Waals surface area contributed by atoms with Crippen LogP contribution in [0.3, 0.4) is 0 Å². The van der Waals surface area contributed by atoms with Crippen molar-refractivity contribution < 1.29 is 7.61 Å². The van der Waals surface area contributed by atoms with Gasteiger partial charge in [0.25, 0.3) is 0 Å². The van der Waals surface area contributed by atoms with Gasteiger partial charge in [-0.3, -0.25) is 0 Å². The van der Waals surface area contributed by atoms with Crippen LogP contribution >= 0.6 is 0 Å². The van der Waals surface area contributed by atoms with Crippen LogP contribution in [-0.2, 0) is 7.61 Å². The zero-order valence-corrected chi connectivity index (χ0v) is 5.06. The Labute approximate surface area is 57.3 Å². The molecule has 0 heterocycles. The zero-order chi connectivity index (χ0) is 4.00. The Morgan fingerprint density at radius 1 is 0.800 bits per heavy atom. The third kappa shape index (κ3) is 37.1. The first-order valence-electron chi connectivity index (χ1n) is 0.577. The van der Waals surface area contributed by atoms with E-state index in [2.05, 4.69) is 0 Å². The van der Waals surface area contributed by atoms with Gasteiger partial charge in [0, 0.05) is 0 Å². The summed E-state index contributed by atoms with van der Waals surface area (Å²) in [5, 5.41) is 0. The van der Waals surface area contributed by atoms with Crippen molar-refractivity contribution in [3.05, 3.63) is 0 Å². The van der Waals surface area contributed by atoms with Gasteiger partial charge in [0.05, 0.1) is 0 Å². The van der Waals surface area contributed by atoms with E-state index in [0.29, 0.717) is 32.4 Å². The molecule has 0 aliphatic carbocycles. The molecule has 0 aromatic carbocycles. The van der Waals surface area contributed by atoms with Gasteiger partial charge in [-0.1, -0.05) is 0 Å². The van der Waals surface area contributed by atoms with Gasteiger partial charge in [0.15, 0.2) is 17.4 Å². The van der Waals surface area contributed by atoms with E-state index in [4.69, 9.17) is 7.61 Å². The minimum atomic E-state index is 0. The van der Waals surface area contributed by atoms with Gasteiger partial charge >= 0.3 is 40.1 Å². The van der Waals surface area contributed by atoms with Crippen LogP contribution in [0.4, 0.5) is 0 Å². The number of hydrogen-bond acceptors (Lipinski definition) is 2. The molecule has 0 fully saturated rings. The van der Waals surface area contributed by atoms with Crippen molar-refractivity contribution in [3.63, 3.8) is 0 Å². The SMILES string of the molecule is [AlH3].[O]=[AlH].[O]=[AlH]. The van der Waals surface area contributed by atoms with E-state index in [1.807, 2.05) is 0 Å². The first-order valence-corrected chi connectivity index (χ1v) is 1.73.